The molecule has 1 aromatic rings. The molecule has 0 N–H and O–H groups in total. The number of carbonyl (C=O) groups excluding carboxylic acids is 1. The van der Waals surface area contributed by atoms with E-state index in [4.69, 9.17) is 0 Å². The number of nitrogens with zero attached hydrogens (tertiary/aromatic N) is 2. The van der Waals surface area contributed by atoms with Crippen molar-refractivity contribution in [1.29, 1.82) is 0 Å². The van der Waals surface area contributed by atoms with Gasteiger partial charge in [0.05, 0.1) is 0 Å². The van der Waals surface area contributed by atoms with Gasteiger partial charge in [-0.15, -0.1) is 11.3 Å². The van der Waals surface area contributed by atoms with E-state index in [1.807, 2.05) is 10.3 Å². The van der Waals surface area contributed by atoms with Crippen LogP contribution in [-0.2, 0) is 0 Å². The summed E-state index contributed by atoms with van der Waals surface area (Å²) in [5.74, 6) is 0.0985. The van der Waals surface area contributed by atoms with Crippen LogP contribution < -0.4 is 0 Å². The number of hydrogen-bond donors (Lipinski definition) is 0. The topological polar surface area (TPSA) is 33.2 Å². The van der Waals surface area contributed by atoms with E-state index in [2.05, 4.69) is 34.5 Å². The minimum atomic E-state index is 0.0985. The van der Waals surface area contributed by atoms with E-state index >= 15 is 0 Å². The Morgan fingerprint density at radius 2 is 2.47 bits per heavy atom. The van der Waals surface area contributed by atoms with E-state index in [1.165, 1.54) is 17.8 Å². The van der Waals surface area contributed by atoms with Gasteiger partial charge in [0.15, 0.2) is 3.01 Å². The third-order valence-corrected chi connectivity index (χ3v) is 4.39. The number of amides is 1. The van der Waals surface area contributed by atoms with E-state index < -0.39 is 0 Å². The zero-order chi connectivity index (χ0) is 10.8. The molecule has 3 nitrogen and oxygen atoms in total. The third-order valence-electron chi connectivity index (χ3n) is 2.76. The molecule has 5 heteroatoms. The van der Waals surface area contributed by atoms with Gasteiger partial charge in [-0.2, -0.15) is 0 Å². The lowest BCUT2D eigenvalue weighted by atomic mass is 10.0. The van der Waals surface area contributed by atoms with Crippen LogP contribution in [0.1, 0.15) is 36.7 Å². The first-order chi connectivity index (χ1) is 7.18. The van der Waals surface area contributed by atoms with Gasteiger partial charge in [-0.05, 0) is 48.8 Å². The molecule has 2 heterocycles. The third kappa shape index (κ3) is 2.50. The Labute approximate surface area is 107 Å². The summed E-state index contributed by atoms with van der Waals surface area (Å²) in [6.45, 7) is 3.00. The number of carbonyl (C=O) groups is 1. The number of hydrogen-bond acceptors (Lipinski definition) is 3. The first-order valence-electron chi connectivity index (χ1n) is 5.10. The zero-order valence-electron chi connectivity index (χ0n) is 8.57. The summed E-state index contributed by atoms with van der Waals surface area (Å²) >= 11 is 3.67. The van der Waals surface area contributed by atoms with Crippen LogP contribution in [0.5, 0.6) is 0 Å². The molecule has 0 radical (unpaired) electrons. The number of piperidine rings is 1. The van der Waals surface area contributed by atoms with Crippen LogP contribution in [0.3, 0.4) is 0 Å². The molecule has 1 fully saturated rings. The van der Waals surface area contributed by atoms with Crippen molar-refractivity contribution >= 4 is 39.8 Å². The predicted octanol–water partition coefficient (Wildman–Crippen LogP) is 2.76. The van der Waals surface area contributed by atoms with Crippen LogP contribution in [0, 0.1) is 3.01 Å². The van der Waals surface area contributed by atoms with E-state index in [0.29, 0.717) is 11.7 Å². The Hall–Kier alpha value is -0.170. The highest BCUT2D eigenvalue weighted by molar-refractivity contribution is 14.1. The molecule has 1 aliphatic heterocycles. The second kappa shape index (κ2) is 4.78. The number of halogens is 1. The smallest absolute Gasteiger partial charge is 0.273 e. The molecule has 1 aromatic heterocycles. The van der Waals surface area contributed by atoms with Crippen molar-refractivity contribution in [2.45, 2.75) is 32.2 Å². The second-order valence-corrected chi connectivity index (χ2v) is 6.44. The second-order valence-electron chi connectivity index (χ2n) is 3.83. The maximum atomic E-state index is 12.1. The number of aromatic nitrogens is 1. The lowest BCUT2D eigenvalue weighted by Crippen LogP contribution is -2.42. The summed E-state index contributed by atoms with van der Waals surface area (Å²) in [4.78, 5) is 18.3. The lowest BCUT2D eigenvalue weighted by molar-refractivity contribution is 0.0630. The summed E-state index contributed by atoms with van der Waals surface area (Å²) in [6, 6.07) is 0.366. The van der Waals surface area contributed by atoms with Crippen LogP contribution in [-0.4, -0.2) is 28.4 Å². The minimum absolute atomic E-state index is 0.0985. The SMILES string of the molecule is CC1CCCCN1C(=O)c1csc(I)n1. The molecule has 0 aromatic carbocycles. The van der Waals surface area contributed by atoms with Crippen LogP contribution >= 0.6 is 33.9 Å². The largest absolute Gasteiger partial charge is 0.335 e. The van der Waals surface area contributed by atoms with Crippen molar-refractivity contribution in [2.24, 2.45) is 0 Å². The summed E-state index contributed by atoms with van der Waals surface area (Å²) < 4.78 is 0.931. The van der Waals surface area contributed by atoms with Gasteiger partial charge < -0.3 is 4.90 Å². The van der Waals surface area contributed by atoms with Gasteiger partial charge in [0, 0.05) is 18.0 Å². The van der Waals surface area contributed by atoms with Gasteiger partial charge in [-0.3, -0.25) is 4.79 Å². The Morgan fingerprint density at radius 3 is 3.07 bits per heavy atom. The molecule has 2 rings (SSSR count). The Kier molecular flexibility index (Phi) is 3.60. The van der Waals surface area contributed by atoms with Crippen molar-refractivity contribution in [3.63, 3.8) is 0 Å². The van der Waals surface area contributed by atoms with Crippen molar-refractivity contribution in [3.05, 3.63) is 14.1 Å². The molecule has 1 saturated heterocycles. The highest BCUT2D eigenvalue weighted by Crippen LogP contribution is 2.20. The minimum Gasteiger partial charge on any atom is -0.335 e. The summed E-state index contributed by atoms with van der Waals surface area (Å²) in [5, 5.41) is 1.85. The van der Waals surface area contributed by atoms with Gasteiger partial charge in [0.1, 0.15) is 5.69 Å². The van der Waals surface area contributed by atoms with Crippen molar-refractivity contribution in [1.82, 2.24) is 9.88 Å². The Morgan fingerprint density at radius 1 is 1.67 bits per heavy atom. The molecule has 0 saturated carbocycles. The Balaban J connectivity index is 2.13. The van der Waals surface area contributed by atoms with Crippen LogP contribution in [0.4, 0.5) is 0 Å². The van der Waals surface area contributed by atoms with Crippen molar-refractivity contribution < 1.29 is 4.79 Å². The normalized spacial score (nSPS) is 21.7. The average Bonchev–Trinajstić information content (AvgIpc) is 2.65. The summed E-state index contributed by atoms with van der Waals surface area (Å²) in [5.41, 5.74) is 0.609. The van der Waals surface area contributed by atoms with E-state index in [1.54, 1.807) is 0 Å². The maximum Gasteiger partial charge on any atom is 0.273 e. The van der Waals surface area contributed by atoms with E-state index in [0.717, 1.165) is 22.4 Å². The molecule has 0 bridgehead atoms. The fourth-order valence-electron chi connectivity index (χ4n) is 1.90. The van der Waals surface area contributed by atoms with Crippen molar-refractivity contribution in [3.8, 4) is 0 Å². The number of rotatable bonds is 1. The highest BCUT2D eigenvalue weighted by Gasteiger charge is 2.25. The molecular formula is C10H13IN2OS. The van der Waals surface area contributed by atoms with E-state index in [9.17, 15) is 4.79 Å². The quantitative estimate of drug-likeness (QED) is 0.739. The molecule has 0 spiro atoms. The number of likely N-dealkylation sites (tertiary alicyclic amines) is 1. The van der Waals surface area contributed by atoms with Gasteiger partial charge in [0.2, 0.25) is 0 Å². The number of thiazole rings is 1. The average molecular weight is 336 g/mol. The summed E-state index contributed by atoms with van der Waals surface area (Å²) in [7, 11) is 0. The van der Waals surface area contributed by atoms with Crippen LogP contribution in [0.25, 0.3) is 0 Å². The Bertz CT molecular complexity index is 366. The van der Waals surface area contributed by atoms with Gasteiger partial charge in [-0.25, -0.2) is 4.98 Å². The molecule has 1 unspecified atom stereocenters. The predicted molar refractivity (Wildman–Crippen MR) is 69.2 cm³/mol. The van der Waals surface area contributed by atoms with Gasteiger partial charge in [0.25, 0.3) is 5.91 Å². The molecule has 15 heavy (non-hydrogen) atoms. The maximum absolute atomic E-state index is 12.1. The molecule has 82 valence electrons. The fraction of sp³-hybridized carbons (Fsp3) is 0.600. The molecule has 1 atom stereocenters. The first kappa shape index (κ1) is 11.3. The van der Waals surface area contributed by atoms with E-state index in [-0.39, 0.29) is 5.91 Å². The summed E-state index contributed by atoms with van der Waals surface area (Å²) in [6.07, 6.45) is 3.48. The highest BCUT2D eigenvalue weighted by atomic mass is 127. The fourth-order valence-corrected chi connectivity index (χ4v) is 3.05. The molecule has 1 amide bonds. The standard InChI is InChI=1S/C10H13IN2OS/c1-7-4-2-3-5-13(7)9(14)8-6-15-10(11)12-8/h6-7H,2-5H2,1H3. The first-order valence-corrected chi connectivity index (χ1v) is 7.06. The van der Waals surface area contributed by atoms with Gasteiger partial charge in [-0.1, -0.05) is 0 Å². The molecule has 0 aliphatic carbocycles. The lowest BCUT2D eigenvalue weighted by Gasteiger charge is -2.32. The molecular weight excluding hydrogens is 323 g/mol. The van der Waals surface area contributed by atoms with Gasteiger partial charge >= 0.3 is 0 Å². The monoisotopic (exact) mass is 336 g/mol. The zero-order valence-corrected chi connectivity index (χ0v) is 11.5. The van der Waals surface area contributed by atoms with Crippen LogP contribution in [0.2, 0.25) is 0 Å². The van der Waals surface area contributed by atoms with Crippen molar-refractivity contribution in [2.75, 3.05) is 6.54 Å². The molecule has 1 aliphatic rings. The van der Waals surface area contributed by atoms with Crippen LogP contribution in [0.15, 0.2) is 5.38 Å².